The molecule has 0 aromatic carbocycles. The van der Waals surface area contributed by atoms with Crippen molar-refractivity contribution in [1.29, 1.82) is 0 Å². The summed E-state index contributed by atoms with van der Waals surface area (Å²) >= 11 is 0. The molecule has 1 saturated carbocycles. The van der Waals surface area contributed by atoms with Crippen molar-refractivity contribution < 1.29 is 0 Å². The molecule has 4 unspecified atom stereocenters. The number of nitrogens with one attached hydrogen (secondary N) is 1. The van der Waals surface area contributed by atoms with Crippen molar-refractivity contribution >= 4 is 0 Å². The van der Waals surface area contributed by atoms with Crippen molar-refractivity contribution in [2.24, 2.45) is 17.8 Å². The third-order valence-electron chi connectivity index (χ3n) is 5.56. The molecule has 0 aromatic heterocycles. The summed E-state index contributed by atoms with van der Waals surface area (Å²) in [6.07, 6.45) is 13.4. The van der Waals surface area contributed by atoms with E-state index >= 15 is 0 Å². The van der Waals surface area contributed by atoms with E-state index in [1.165, 1.54) is 64.7 Å². The van der Waals surface area contributed by atoms with E-state index in [1.807, 2.05) is 0 Å². The number of fused-ring (bicyclic) bond motifs is 2. The lowest BCUT2D eigenvalue weighted by atomic mass is 9.94. The van der Waals surface area contributed by atoms with Crippen LogP contribution in [0.25, 0.3) is 0 Å². The first-order valence-corrected chi connectivity index (χ1v) is 8.46. The molecule has 0 radical (unpaired) electrons. The van der Waals surface area contributed by atoms with E-state index in [0.29, 0.717) is 0 Å². The maximum atomic E-state index is 3.71. The lowest BCUT2D eigenvalue weighted by Gasteiger charge is -2.33. The van der Waals surface area contributed by atoms with Gasteiger partial charge in [0.05, 0.1) is 0 Å². The zero-order chi connectivity index (χ0) is 13.1. The van der Waals surface area contributed by atoms with E-state index in [9.17, 15) is 0 Å². The van der Waals surface area contributed by atoms with Crippen molar-refractivity contribution in [3.63, 3.8) is 0 Å². The van der Waals surface area contributed by atoms with Crippen LogP contribution >= 0.6 is 0 Å². The van der Waals surface area contributed by atoms with Gasteiger partial charge >= 0.3 is 0 Å². The van der Waals surface area contributed by atoms with Crippen molar-refractivity contribution in [2.45, 2.75) is 51.5 Å². The molecule has 2 bridgehead atoms. The number of likely N-dealkylation sites (tertiary alicyclic amines) is 1. The molecule has 3 aliphatic rings. The maximum absolute atomic E-state index is 3.71. The summed E-state index contributed by atoms with van der Waals surface area (Å²) in [5.74, 6) is 2.76. The lowest BCUT2D eigenvalue weighted by molar-refractivity contribution is 0.158. The first kappa shape index (κ1) is 13.6. The number of allylic oxidation sites excluding steroid dienone is 2. The molecule has 3 rings (SSSR count). The Bertz CT molecular complexity index is 312. The van der Waals surface area contributed by atoms with Gasteiger partial charge in [-0.3, -0.25) is 0 Å². The van der Waals surface area contributed by atoms with Crippen LogP contribution in [0.3, 0.4) is 0 Å². The molecule has 2 fully saturated rings. The number of rotatable bonds is 6. The molecule has 0 spiro atoms. The zero-order valence-electron chi connectivity index (χ0n) is 12.5. The Kier molecular flexibility index (Phi) is 4.60. The fourth-order valence-electron chi connectivity index (χ4n) is 4.31. The smallest absolute Gasteiger partial charge is 0.00669 e. The second-order valence-electron chi connectivity index (χ2n) is 6.98. The highest BCUT2D eigenvalue weighted by Crippen LogP contribution is 2.42. The van der Waals surface area contributed by atoms with Crippen LogP contribution in [0.5, 0.6) is 0 Å². The summed E-state index contributed by atoms with van der Waals surface area (Å²) < 4.78 is 0. The SMILES string of the molecule is CC1CCCCN1CCCNCC1CC2C=CC1C2. The minimum absolute atomic E-state index is 0.824. The lowest BCUT2D eigenvalue weighted by Crippen LogP contribution is -2.39. The van der Waals surface area contributed by atoms with Crippen LogP contribution in [0.15, 0.2) is 12.2 Å². The molecule has 4 atom stereocenters. The summed E-state index contributed by atoms with van der Waals surface area (Å²) in [6, 6.07) is 0.824. The van der Waals surface area contributed by atoms with Gasteiger partial charge in [0.25, 0.3) is 0 Å². The van der Waals surface area contributed by atoms with Crippen molar-refractivity contribution in [3.8, 4) is 0 Å². The molecular formula is C17H30N2. The average molecular weight is 262 g/mol. The molecule has 0 aromatic rings. The van der Waals surface area contributed by atoms with E-state index in [4.69, 9.17) is 0 Å². The van der Waals surface area contributed by atoms with Crippen LogP contribution in [-0.4, -0.2) is 37.1 Å². The Morgan fingerprint density at radius 1 is 1.21 bits per heavy atom. The number of hydrogen-bond donors (Lipinski definition) is 1. The number of piperidine rings is 1. The van der Waals surface area contributed by atoms with Gasteiger partial charge in [0, 0.05) is 6.04 Å². The molecule has 1 N–H and O–H groups in total. The summed E-state index contributed by atoms with van der Waals surface area (Å²) in [6.45, 7) is 7.49. The second-order valence-corrected chi connectivity index (χ2v) is 6.98. The monoisotopic (exact) mass is 262 g/mol. The van der Waals surface area contributed by atoms with Gasteiger partial charge in [0.2, 0.25) is 0 Å². The highest BCUT2D eigenvalue weighted by atomic mass is 15.2. The topological polar surface area (TPSA) is 15.3 Å². The fourth-order valence-corrected chi connectivity index (χ4v) is 4.31. The Morgan fingerprint density at radius 2 is 2.16 bits per heavy atom. The maximum Gasteiger partial charge on any atom is 0.00669 e. The van der Waals surface area contributed by atoms with Crippen LogP contribution in [0.4, 0.5) is 0 Å². The first-order valence-electron chi connectivity index (χ1n) is 8.46. The molecule has 108 valence electrons. The van der Waals surface area contributed by atoms with Gasteiger partial charge in [-0.25, -0.2) is 0 Å². The highest BCUT2D eigenvalue weighted by molar-refractivity contribution is 5.10. The molecule has 1 heterocycles. The normalized spacial score (nSPS) is 38.2. The van der Waals surface area contributed by atoms with Gasteiger partial charge in [-0.1, -0.05) is 18.6 Å². The summed E-state index contributed by atoms with van der Waals surface area (Å²) in [4.78, 5) is 2.69. The fraction of sp³-hybridized carbons (Fsp3) is 0.882. The molecule has 2 nitrogen and oxygen atoms in total. The van der Waals surface area contributed by atoms with Gasteiger partial charge in [-0.15, -0.1) is 0 Å². The van der Waals surface area contributed by atoms with E-state index in [0.717, 1.165) is 23.8 Å². The molecule has 1 saturated heterocycles. The van der Waals surface area contributed by atoms with E-state index in [2.05, 4.69) is 29.3 Å². The van der Waals surface area contributed by atoms with Crippen molar-refractivity contribution in [1.82, 2.24) is 10.2 Å². The summed E-state index contributed by atoms with van der Waals surface area (Å²) in [7, 11) is 0. The van der Waals surface area contributed by atoms with Crippen LogP contribution in [0, 0.1) is 17.8 Å². The Morgan fingerprint density at radius 3 is 2.89 bits per heavy atom. The molecule has 19 heavy (non-hydrogen) atoms. The third-order valence-corrected chi connectivity index (χ3v) is 5.56. The predicted molar refractivity (Wildman–Crippen MR) is 81.2 cm³/mol. The summed E-state index contributed by atoms with van der Waals surface area (Å²) in [5.41, 5.74) is 0. The molecule has 2 aliphatic carbocycles. The van der Waals surface area contributed by atoms with E-state index in [-0.39, 0.29) is 0 Å². The van der Waals surface area contributed by atoms with Crippen LogP contribution in [-0.2, 0) is 0 Å². The van der Waals surface area contributed by atoms with Crippen LogP contribution in [0.1, 0.15) is 45.4 Å². The molecule has 1 aliphatic heterocycles. The number of nitrogens with zero attached hydrogens (tertiary/aromatic N) is 1. The van der Waals surface area contributed by atoms with Crippen LogP contribution < -0.4 is 5.32 Å². The zero-order valence-corrected chi connectivity index (χ0v) is 12.5. The second kappa shape index (κ2) is 6.41. The predicted octanol–water partition coefficient (Wildman–Crippen LogP) is 3.05. The van der Waals surface area contributed by atoms with Gasteiger partial charge in [-0.05, 0) is 83.0 Å². The minimum atomic E-state index is 0.824. The standard InChI is InChI=1S/C17H30N2/c1-14-5-2-3-9-19(14)10-4-8-18-13-17-12-15-6-7-16(17)11-15/h6-7,14-18H,2-5,8-13H2,1H3. The average Bonchev–Trinajstić information content (AvgIpc) is 3.03. The quantitative estimate of drug-likeness (QED) is 0.584. The van der Waals surface area contributed by atoms with Gasteiger partial charge in [0.1, 0.15) is 0 Å². The van der Waals surface area contributed by atoms with E-state index < -0.39 is 0 Å². The third kappa shape index (κ3) is 3.41. The summed E-state index contributed by atoms with van der Waals surface area (Å²) in [5, 5.41) is 3.71. The number of hydrogen-bond acceptors (Lipinski definition) is 2. The first-order chi connectivity index (χ1) is 9.33. The Balaban J connectivity index is 1.26. The van der Waals surface area contributed by atoms with Crippen LogP contribution in [0.2, 0.25) is 0 Å². The molecule has 0 amide bonds. The van der Waals surface area contributed by atoms with Crippen molar-refractivity contribution in [3.05, 3.63) is 12.2 Å². The van der Waals surface area contributed by atoms with Crippen molar-refractivity contribution in [2.75, 3.05) is 26.2 Å². The highest BCUT2D eigenvalue weighted by Gasteiger charge is 2.34. The minimum Gasteiger partial charge on any atom is -0.316 e. The van der Waals surface area contributed by atoms with Gasteiger partial charge in [0.15, 0.2) is 0 Å². The molecule has 2 heteroatoms. The Labute approximate surface area is 118 Å². The largest absolute Gasteiger partial charge is 0.316 e. The van der Waals surface area contributed by atoms with E-state index in [1.54, 1.807) is 0 Å². The van der Waals surface area contributed by atoms with Gasteiger partial charge < -0.3 is 10.2 Å². The molecular weight excluding hydrogens is 232 g/mol. The Hall–Kier alpha value is -0.340. The van der Waals surface area contributed by atoms with Gasteiger partial charge in [-0.2, -0.15) is 0 Å².